The molecule has 9 heteroatoms. The Morgan fingerprint density at radius 1 is 1.24 bits per heavy atom. The van der Waals surface area contributed by atoms with Gasteiger partial charge in [-0.1, -0.05) is 13.8 Å². The lowest BCUT2D eigenvalue weighted by Crippen LogP contribution is -2.45. The van der Waals surface area contributed by atoms with Crippen LogP contribution in [0.1, 0.15) is 32.4 Å². The first-order valence-electron chi connectivity index (χ1n) is 7.77. The summed E-state index contributed by atoms with van der Waals surface area (Å²) in [6, 6.07) is -1.32. The average molecular weight is 350 g/mol. The molecule has 1 aromatic heterocycles. The zero-order valence-electron chi connectivity index (χ0n) is 14.9. The molecule has 2 heterocycles. The number of nitrogens with zero attached hydrogens (tertiary/aromatic N) is 2. The fourth-order valence-electron chi connectivity index (χ4n) is 2.44. The molecule has 0 aromatic carbocycles. The van der Waals surface area contributed by atoms with Gasteiger partial charge in [-0.2, -0.15) is 0 Å². The van der Waals surface area contributed by atoms with Crippen LogP contribution < -0.4 is 20.1 Å². The first-order valence-corrected chi connectivity index (χ1v) is 7.77. The third-order valence-corrected chi connectivity index (χ3v) is 3.52. The van der Waals surface area contributed by atoms with E-state index < -0.39 is 18.0 Å². The van der Waals surface area contributed by atoms with Crippen LogP contribution in [0.15, 0.2) is 17.6 Å². The van der Waals surface area contributed by atoms with Crippen molar-refractivity contribution in [2.75, 3.05) is 20.8 Å². The molecule has 2 rings (SSSR count). The number of urea groups is 1. The van der Waals surface area contributed by atoms with Crippen molar-refractivity contribution in [2.24, 2.45) is 5.92 Å². The van der Waals surface area contributed by atoms with E-state index in [9.17, 15) is 9.59 Å². The van der Waals surface area contributed by atoms with Crippen LogP contribution in [0.3, 0.4) is 0 Å². The number of esters is 1. The van der Waals surface area contributed by atoms with Gasteiger partial charge in [0, 0.05) is 5.70 Å². The Morgan fingerprint density at radius 3 is 2.36 bits per heavy atom. The summed E-state index contributed by atoms with van der Waals surface area (Å²) in [5.74, 6) is 0.0252. The van der Waals surface area contributed by atoms with Crippen LogP contribution >= 0.6 is 0 Å². The lowest BCUT2D eigenvalue weighted by Gasteiger charge is -2.29. The Hall–Kier alpha value is -2.84. The highest BCUT2D eigenvalue weighted by atomic mass is 16.5. The zero-order valence-corrected chi connectivity index (χ0v) is 14.9. The summed E-state index contributed by atoms with van der Waals surface area (Å²) >= 11 is 0. The monoisotopic (exact) mass is 350 g/mol. The van der Waals surface area contributed by atoms with Gasteiger partial charge < -0.3 is 24.8 Å². The molecule has 2 amide bonds. The van der Waals surface area contributed by atoms with Crippen molar-refractivity contribution in [3.05, 3.63) is 23.2 Å². The Bertz CT molecular complexity index is 680. The molecule has 0 spiro atoms. The Kier molecular flexibility index (Phi) is 5.79. The van der Waals surface area contributed by atoms with E-state index in [1.807, 2.05) is 13.8 Å². The maximum Gasteiger partial charge on any atom is 0.338 e. The van der Waals surface area contributed by atoms with Crippen LogP contribution in [0, 0.1) is 5.92 Å². The van der Waals surface area contributed by atoms with Gasteiger partial charge in [0.2, 0.25) is 11.8 Å². The van der Waals surface area contributed by atoms with E-state index in [1.165, 1.54) is 20.5 Å². The molecule has 1 aliphatic heterocycles. The fraction of sp³-hybridized carbons (Fsp3) is 0.500. The smallest absolute Gasteiger partial charge is 0.338 e. The normalized spacial score (nSPS) is 17.0. The van der Waals surface area contributed by atoms with E-state index in [0.29, 0.717) is 11.3 Å². The van der Waals surface area contributed by atoms with Crippen LogP contribution in [0.5, 0.6) is 11.8 Å². The van der Waals surface area contributed by atoms with Crippen molar-refractivity contribution in [3.63, 3.8) is 0 Å². The summed E-state index contributed by atoms with van der Waals surface area (Å²) in [7, 11) is 2.86. The van der Waals surface area contributed by atoms with E-state index >= 15 is 0 Å². The molecule has 1 aliphatic rings. The molecule has 0 aliphatic carbocycles. The number of ether oxygens (including phenoxy) is 3. The van der Waals surface area contributed by atoms with Gasteiger partial charge >= 0.3 is 12.0 Å². The summed E-state index contributed by atoms with van der Waals surface area (Å²) < 4.78 is 15.9. The van der Waals surface area contributed by atoms with E-state index in [-0.39, 0.29) is 29.9 Å². The quantitative estimate of drug-likeness (QED) is 0.744. The summed E-state index contributed by atoms with van der Waals surface area (Å²) in [5, 5.41) is 5.26. The van der Waals surface area contributed by atoms with Gasteiger partial charge in [0.1, 0.15) is 17.9 Å². The number of aromatic nitrogens is 2. The number of hydrogen-bond donors (Lipinski definition) is 2. The number of methoxy groups -OCH3 is 2. The summed E-state index contributed by atoms with van der Waals surface area (Å²) in [5.41, 5.74) is 0.973. The van der Waals surface area contributed by atoms with Gasteiger partial charge in [0.15, 0.2) is 0 Å². The minimum absolute atomic E-state index is 0.179. The van der Waals surface area contributed by atoms with Crippen molar-refractivity contribution >= 4 is 12.0 Å². The predicted octanol–water partition coefficient (Wildman–Crippen LogP) is 1.32. The molecule has 0 bridgehead atoms. The predicted molar refractivity (Wildman–Crippen MR) is 88.0 cm³/mol. The zero-order chi connectivity index (χ0) is 18.6. The van der Waals surface area contributed by atoms with E-state index in [1.54, 1.807) is 6.92 Å². The first-order chi connectivity index (χ1) is 11.9. The third-order valence-electron chi connectivity index (χ3n) is 3.52. The number of nitrogens with one attached hydrogen (secondary N) is 2. The van der Waals surface area contributed by atoms with Gasteiger partial charge in [-0.25, -0.2) is 19.6 Å². The average Bonchev–Trinajstić information content (AvgIpc) is 2.58. The highest BCUT2D eigenvalue weighted by Crippen LogP contribution is 2.37. The van der Waals surface area contributed by atoms with Crippen molar-refractivity contribution in [2.45, 2.75) is 26.8 Å². The van der Waals surface area contributed by atoms with Crippen LogP contribution in [0.4, 0.5) is 4.79 Å². The molecule has 136 valence electrons. The van der Waals surface area contributed by atoms with Crippen molar-refractivity contribution < 1.29 is 23.8 Å². The van der Waals surface area contributed by atoms with Crippen molar-refractivity contribution in [1.82, 2.24) is 20.6 Å². The minimum Gasteiger partial charge on any atom is -0.481 e. The molecule has 0 saturated carbocycles. The molecule has 0 radical (unpaired) electrons. The van der Waals surface area contributed by atoms with E-state index in [2.05, 4.69) is 20.6 Å². The number of carbonyl (C=O) groups excluding carboxylic acids is 2. The SMILES string of the molecule is COc1ncnc(OC)c1[C@@H]1NC(=O)NC(C)=C1C(=O)OCC(C)C. The number of rotatable bonds is 6. The number of amides is 2. The fourth-order valence-corrected chi connectivity index (χ4v) is 2.44. The summed E-state index contributed by atoms with van der Waals surface area (Å²) in [4.78, 5) is 32.6. The topological polar surface area (TPSA) is 112 Å². The van der Waals surface area contributed by atoms with Crippen LogP contribution in [-0.2, 0) is 9.53 Å². The third kappa shape index (κ3) is 3.98. The van der Waals surface area contributed by atoms with Crippen LogP contribution in [0.2, 0.25) is 0 Å². The molecule has 2 N–H and O–H groups in total. The first kappa shape index (κ1) is 18.5. The van der Waals surface area contributed by atoms with E-state index in [0.717, 1.165) is 0 Å². The van der Waals surface area contributed by atoms with Gasteiger partial charge in [-0.15, -0.1) is 0 Å². The van der Waals surface area contributed by atoms with Crippen molar-refractivity contribution in [3.8, 4) is 11.8 Å². The van der Waals surface area contributed by atoms with Crippen molar-refractivity contribution in [1.29, 1.82) is 0 Å². The largest absolute Gasteiger partial charge is 0.481 e. The standard InChI is InChI=1S/C16H22N4O5/c1-8(2)6-25-15(21)10-9(3)19-16(22)20-12(10)11-13(23-4)17-7-18-14(11)24-5/h7-8,12H,6H2,1-5H3,(H2,19,20,22)/t12-/m1/s1. The van der Waals surface area contributed by atoms with E-state index in [4.69, 9.17) is 14.2 Å². The van der Waals surface area contributed by atoms with Gasteiger partial charge in [-0.05, 0) is 12.8 Å². The number of allylic oxidation sites excluding steroid dienone is 1. The summed E-state index contributed by atoms with van der Waals surface area (Å²) in [6.45, 7) is 5.75. The molecular formula is C16H22N4O5. The van der Waals surface area contributed by atoms with Gasteiger partial charge in [0.25, 0.3) is 0 Å². The second-order valence-corrected chi connectivity index (χ2v) is 5.87. The number of carbonyl (C=O) groups is 2. The highest BCUT2D eigenvalue weighted by molar-refractivity contribution is 5.95. The maximum atomic E-state index is 12.6. The lowest BCUT2D eigenvalue weighted by molar-refractivity contribution is -0.140. The molecular weight excluding hydrogens is 328 g/mol. The minimum atomic E-state index is -0.862. The molecule has 0 unspecified atom stereocenters. The number of hydrogen-bond acceptors (Lipinski definition) is 7. The maximum absolute atomic E-state index is 12.6. The molecule has 9 nitrogen and oxygen atoms in total. The second-order valence-electron chi connectivity index (χ2n) is 5.87. The van der Waals surface area contributed by atoms with Crippen LogP contribution in [-0.4, -0.2) is 42.8 Å². The molecule has 1 atom stereocenters. The Morgan fingerprint density at radius 2 is 1.84 bits per heavy atom. The van der Waals surface area contributed by atoms with Gasteiger partial charge in [-0.3, -0.25) is 0 Å². The lowest BCUT2D eigenvalue weighted by atomic mass is 9.96. The van der Waals surface area contributed by atoms with Gasteiger partial charge in [0.05, 0.1) is 26.4 Å². The second kappa shape index (κ2) is 7.82. The molecule has 25 heavy (non-hydrogen) atoms. The molecule has 0 fully saturated rings. The van der Waals surface area contributed by atoms with Crippen LogP contribution in [0.25, 0.3) is 0 Å². The summed E-state index contributed by atoms with van der Waals surface area (Å²) in [6.07, 6.45) is 1.28. The Balaban J connectivity index is 2.52. The Labute approximate surface area is 145 Å². The molecule has 0 saturated heterocycles. The highest BCUT2D eigenvalue weighted by Gasteiger charge is 2.37. The molecule has 1 aromatic rings.